The Morgan fingerprint density at radius 1 is 1.04 bits per heavy atom. The summed E-state index contributed by atoms with van der Waals surface area (Å²) in [6, 6.07) is 23.7. The van der Waals surface area contributed by atoms with E-state index in [2.05, 4.69) is 28.7 Å². The summed E-state index contributed by atoms with van der Waals surface area (Å²) in [4.78, 5) is 10.2. The topological polar surface area (TPSA) is 76.2 Å². The average Bonchev–Trinajstić information content (AvgIpc) is 2.72. The molecular formula is C22H15IN2O3. The van der Waals surface area contributed by atoms with E-state index < -0.39 is 4.92 Å². The molecule has 3 rings (SSSR count). The molecule has 0 fully saturated rings. The number of rotatable bonds is 6. The van der Waals surface area contributed by atoms with Crippen LogP contribution >= 0.6 is 22.6 Å². The van der Waals surface area contributed by atoms with Gasteiger partial charge in [0.15, 0.2) is 0 Å². The smallest absolute Gasteiger partial charge is 0.269 e. The Hall–Kier alpha value is -3.18. The van der Waals surface area contributed by atoms with Gasteiger partial charge in [0.25, 0.3) is 5.69 Å². The van der Waals surface area contributed by atoms with Crippen LogP contribution < -0.4 is 4.74 Å². The standard InChI is InChI=1S/C22H15IN2O3/c23-20-7-5-18(6-8-20)19(14-24)13-16-3-11-22(12-4-16)28-15-17-1-9-21(10-2-17)25(26)27/h1-13H,15H2/b19-13-. The van der Waals surface area contributed by atoms with E-state index in [0.717, 1.165) is 20.3 Å². The van der Waals surface area contributed by atoms with E-state index in [1.54, 1.807) is 12.1 Å². The lowest BCUT2D eigenvalue weighted by atomic mass is 10.0. The average molecular weight is 482 g/mol. The zero-order valence-corrected chi connectivity index (χ0v) is 16.9. The van der Waals surface area contributed by atoms with Crippen LogP contribution in [0.25, 0.3) is 11.6 Å². The van der Waals surface area contributed by atoms with Crippen LogP contribution in [-0.4, -0.2) is 4.92 Å². The second-order valence-corrected chi connectivity index (χ2v) is 7.20. The van der Waals surface area contributed by atoms with Gasteiger partial charge in [-0.1, -0.05) is 24.3 Å². The lowest BCUT2D eigenvalue weighted by molar-refractivity contribution is -0.384. The first-order valence-electron chi connectivity index (χ1n) is 8.39. The number of nitrogens with zero attached hydrogens (tertiary/aromatic N) is 2. The van der Waals surface area contributed by atoms with Gasteiger partial charge >= 0.3 is 0 Å². The van der Waals surface area contributed by atoms with E-state index >= 15 is 0 Å². The first-order valence-corrected chi connectivity index (χ1v) is 9.47. The summed E-state index contributed by atoms with van der Waals surface area (Å²) in [7, 11) is 0. The first-order chi connectivity index (χ1) is 13.5. The Labute approximate surface area is 176 Å². The molecule has 0 aliphatic rings. The second kappa shape index (κ2) is 9.15. The minimum absolute atomic E-state index is 0.0568. The van der Waals surface area contributed by atoms with Crippen molar-refractivity contribution in [3.63, 3.8) is 0 Å². The molecule has 0 amide bonds. The fourth-order valence-corrected chi connectivity index (χ4v) is 2.88. The molecule has 5 nitrogen and oxygen atoms in total. The summed E-state index contributed by atoms with van der Waals surface area (Å²) in [6.45, 7) is 0.319. The number of ether oxygens (including phenoxy) is 1. The van der Waals surface area contributed by atoms with Crippen LogP contribution in [0.2, 0.25) is 0 Å². The molecule has 6 heteroatoms. The molecule has 0 spiro atoms. The highest BCUT2D eigenvalue weighted by Crippen LogP contribution is 2.21. The Balaban J connectivity index is 1.66. The zero-order chi connectivity index (χ0) is 19.9. The van der Waals surface area contributed by atoms with Gasteiger partial charge in [0.2, 0.25) is 0 Å². The molecular weight excluding hydrogens is 467 g/mol. The third-order valence-electron chi connectivity index (χ3n) is 4.02. The minimum Gasteiger partial charge on any atom is -0.489 e. The molecule has 0 aromatic heterocycles. The van der Waals surface area contributed by atoms with Crippen molar-refractivity contribution in [1.82, 2.24) is 0 Å². The van der Waals surface area contributed by atoms with Gasteiger partial charge < -0.3 is 4.74 Å². The maximum atomic E-state index is 10.7. The van der Waals surface area contributed by atoms with Gasteiger partial charge in [-0.3, -0.25) is 10.1 Å². The Kier molecular flexibility index (Phi) is 6.40. The first kappa shape index (κ1) is 19.6. The number of hydrogen-bond acceptors (Lipinski definition) is 4. The monoisotopic (exact) mass is 482 g/mol. The van der Waals surface area contributed by atoms with Crippen LogP contribution in [0.5, 0.6) is 5.75 Å². The predicted octanol–water partition coefficient (Wildman–Crippen LogP) is 5.84. The fourth-order valence-electron chi connectivity index (χ4n) is 2.52. The van der Waals surface area contributed by atoms with Crippen molar-refractivity contribution in [3.8, 4) is 11.8 Å². The highest BCUT2D eigenvalue weighted by Gasteiger charge is 2.05. The molecule has 0 atom stereocenters. The zero-order valence-electron chi connectivity index (χ0n) is 14.7. The Morgan fingerprint density at radius 3 is 2.25 bits per heavy atom. The molecule has 0 radical (unpaired) electrons. The minimum atomic E-state index is -0.428. The fraction of sp³-hybridized carbons (Fsp3) is 0.0455. The maximum absolute atomic E-state index is 10.7. The molecule has 138 valence electrons. The number of benzene rings is 3. The van der Waals surface area contributed by atoms with Crippen LogP contribution in [-0.2, 0) is 6.61 Å². The highest BCUT2D eigenvalue weighted by atomic mass is 127. The molecule has 0 heterocycles. The molecule has 0 bridgehead atoms. The van der Waals surface area contributed by atoms with Crippen LogP contribution in [0, 0.1) is 25.0 Å². The van der Waals surface area contributed by atoms with Crippen LogP contribution in [0.4, 0.5) is 5.69 Å². The van der Waals surface area contributed by atoms with Crippen molar-refractivity contribution in [1.29, 1.82) is 5.26 Å². The van der Waals surface area contributed by atoms with E-state index in [1.165, 1.54) is 12.1 Å². The summed E-state index contributed by atoms with van der Waals surface area (Å²) in [6.07, 6.45) is 1.84. The van der Waals surface area contributed by atoms with E-state index in [1.807, 2.05) is 54.6 Å². The molecule has 0 unspecified atom stereocenters. The van der Waals surface area contributed by atoms with E-state index in [9.17, 15) is 15.4 Å². The van der Waals surface area contributed by atoms with E-state index in [4.69, 9.17) is 4.74 Å². The number of hydrogen-bond donors (Lipinski definition) is 0. The second-order valence-electron chi connectivity index (χ2n) is 5.96. The number of allylic oxidation sites excluding steroid dienone is 1. The highest BCUT2D eigenvalue weighted by molar-refractivity contribution is 14.1. The van der Waals surface area contributed by atoms with Gasteiger partial charge in [-0.2, -0.15) is 5.26 Å². The van der Waals surface area contributed by atoms with Gasteiger partial charge in [0, 0.05) is 15.7 Å². The van der Waals surface area contributed by atoms with Crippen LogP contribution in [0.1, 0.15) is 16.7 Å². The van der Waals surface area contributed by atoms with Gasteiger partial charge in [-0.25, -0.2) is 0 Å². The van der Waals surface area contributed by atoms with Crippen molar-refractivity contribution >= 4 is 39.9 Å². The number of non-ortho nitro benzene ring substituents is 1. The summed E-state index contributed by atoms with van der Waals surface area (Å²) in [5.41, 5.74) is 3.27. The quantitative estimate of drug-likeness (QED) is 0.145. The summed E-state index contributed by atoms with van der Waals surface area (Å²) < 4.78 is 6.84. The van der Waals surface area contributed by atoms with Gasteiger partial charge in [0.05, 0.1) is 16.6 Å². The van der Waals surface area contributed by atoms with Crippen LogP contribution in [0.3, 0.4) is 0 Å². The van der Waals surface area contributed by atoms with Gasteiger partial charge in [-0.15, -0.1) is 0 Å². The van der Waals surface area contributed by atoms with Crippen molar-refractivity contribution in [2.75, 3.05) is 0 Å². The molecule has 3 aromatic carbocycles. The maximum Gasteiger partial charge on any atom is 0.269 e. The molecule has 0 aliphatic heterocycles. The van der Waals surface area contributed by atoms with Gasteiger partial charge in [-0.05, 0) is 81.8 Å². The van der Waals surface area contributed by atoms with Crippen molar-refractivity contribution < 1.29 is 9.66 Å². The lowest BCUT2D eigenvalue weighted by Gasteiger charge is -2.07. The molecule has 0 aliphatic carbocycles. The molecule has 0 saturated carbocycles. The predicted molar refractivity (Wildman–Crippen MR) is 117 cm³/mol. The third-order valence-corrected chi connectivity index (χ3v) is 4.74. The number of nitro groups is 1. The van der Waals surface area contributed by atoms with E-state index in [-0.39, 0.29) is 5.69 Å². The third kappa shape index (κ3) is 5.18. The van der Waals surface area contributed by atoms with Crippen molar-refractivity contribution in [2.24, 2.45) is 0 Å². The number of nitro benzene ring substituents is 1. The normalized spacial score (nSPS) is 10.9. The summed E-state index contributed by atoms with van der Waals surface area (Å²) in [5.74, 6) is 0.684. The SMILES string of the molecule is N#C/C(=C/c1ccc(OCc2ccc([N+](=O)[O-])cc2)cc1)c1ccc(I)cc1. The van der Waals surface area contributed by atoms with Crippen molar-refractivity contribution in [2.45, 2.75) is 6.61 Å². The Bertz CT molecular complexity index is 1040. The molecule has 0 saturated heterocycles. The lowest BCUT2D eigenvalue weighted by Crippen LogP contribution is -1.96. The number of halogens is 1. The molecule has 28 heavy (non-hydrogen) atoms. The van der Waals surface area contributed by atoms with E-state index in [0.29, 0.717) is 17.9 Å². The van der Waals surface area contributed by atoms with Crippen LogP contribution in [0.15, 0.2) is 72.8 Å². The number of nitriles is 1. The Morgan fingerprint density at radius 2 is 1.68 bits per heavy atom. The molecule has 3 aromatic rings. The molecule has 0 N–H and O–H groups in total. The summed E-state index contributed by atoms with van der Waals surface area (Å²) in [5, 5.41) is 20.1. The largest absolute Gasteiger partial charge is 0.489 e. The van der Waals surface area contributed by atoms with Gasteiger partial charge in [0.1, 0.15) is 12.4 Å². The van der Waals surface area contributed by atoms with Crippen molar-refractivity contribution in [3.05, 3.63) is 103 Å². The summed E-state index contributed by atoms with van der Waals surface area (Å²) >= 11 is 2.23.